The van der Waals surface area contributed by atoms with Gasteiger partial charge in [0.25, 0.3) is 5.91 Å². The Bertz CT molecular complexity index is 624. The number of halogens is 3. The molecule has 0 aromatic heterocycles. The van der Waals surface area contributed by atoms with Crippen molar-refractivity contribution in [3.05, 3.63) is 59.4 Å². The summed E-state index contributed by atoms with van der Waals surface area (Å²) < 4.78 is 39.1. The van der Waals surface area contributed by atoms with E-state index in [0.29, 0.717) is 6.07 Å². The Morgan fingerprint density at radius 1 is 1.00 bits per heavy atom. The third-order valence-corrected chi connectivity index (χ3v) is 2.38. The summed E-state index contributed by atoms with van der Waals surface area (Å²) in [7, 11) is 0. The number of amides is 1. The van der Waals surface area contributed by atoms with Crippen LogP contribution in [-0.4, -0.2) is 5.91 Å². The number of anilines is 2. The van der Waals surface area contributed by atoms with E-state index in [1.54, 1.807) is 0 Å². The van der Waals surface area contributed by atoms with E-state index < -0.39 is 23.4 Å². The molecule has 98 valence electrons. The molecular weight excluding hydrogens is 257 g/mol. The Morgan fingerprint density at radius 3 is 2.21 bits per heavy atom. The highest BCUT2D eigenvalue weighted by atomic mass is 19.1. The molecule has 2 rings (SSSR count). The van der Waals surface area contributed by atoms with Gasteiger partial charge < -0.3 is 11.1 Å². The topological polar surface area (TPSA) is 55.1 Å². The lowest BCUT2D eigenvalue weighted by Gasteiger charge is -2.06. The van der Waals surface area contributed by atoms with Crippen molar-refractivity contribution in [2.45, 2.75) is 0 Å². The van der Waals surface area contributed by atoms with Crippen molar-refractivity contribution in [3.63, 3.8) is 0 Å². The molecule has 0 aliphatic heterocycles. The molecule has 0 aliphatic rings. The van der Waals surface area contributed by atoms with Gasteiger partial charge in [0.2, 0.25) is 0 Å². The molecule has 0 unspecified atom stereocenters. The van der Waals surface area contributed by atoms with Crippen molar-refractivity contribution >= 4 is 17.3 Å². The van der Waals surface area contributed by atoms with Crippen LogP contribution in [0.5, 0.6) is 0 Å². The van der Waals surface area contributed by atoms with Gasteiger partial charge in [-0.3, -0.25) is 4.79 Å². The summed E-state index contributed by atoms with van der Waals surface area (Å²) >= 11 is 0. The van der Waals surface area contributed by atoms with Crippen LogP contribution in [0.25, 0.3) is 0 Å². The molecule has 3 N–H and O–H groups in total. The first-order chi connectivity index (χ1) is 8.95. The van der Waals surface area contributed by atoms with Gasteiger partial charge in [0.05, 0.1) is 5.69 Å². The molecule has 0 spiro atoms. The number of nitrogen functional groups attached to an aromatic ring is 1. The van der Waals surface area contributed by atoms with Crippen LogP contribution in [0.1, 0.15) is 10.4 Å². The Labute approximate surface area is 106 Å². The number of hydrogen-bond acceptors (Lipinski definition) is 2. The van der Waals surface area contributed by atoms with Gasteiger partial charge in [0.15, 0.2) is 0 Å². The Morgan fingerprint density at radius 2 is 1.63 bits per heavy atom. The fourth-order valence-corrected chi connectivity index (χ4v) is 1.49. The van der Waals surface area contributed by atoms with Crippen molar-refractivity contribution in [3.8, 4) is 0 Å². The second-order valence-corrected chi connectivity index (χ2v) is 3.85. The molecule has 2 aromatic rings. The van der Waals surface area contributed by atoms with Gasteiger partial charge in [0.1, 0.15) is 17.5 Å². The third-order valence-electron chi connectivity index (χ3n) is 2.38. The zero-order valence-electron chi connectivity index (χ0n) is 9.58. The fourth-order valence-electron chi connectivity index (χ4n) is 1.49. The van der Waals surface area contributed by atoms with E-state index in [2.05, 4.69) is 5.32 Å². The monoisotopic (exact) mass is 266 g/mol. The molecule has 0 atom stereocenters. The lowest BCUT2D eigenvalue weighted by Crippen LogP contribution is -2.12. The quantitative estimate of drug-likeness (QED) is 0.821. The maximum atomic E-state index is 13.2. The normalized spacial score (nSPS) is 10.3. The van der Waals surface area contributed by atoms with E-state index in [-0.39, 0.29) is 16.9 Å². The van der Waals surface area contributed by atoms with Crippen molar-refractivity contribution < 1.29 is 18.0 Å². The standard InChI is InChI=1S/C13H9F3N2O/c14-8-3-7(4-9(15)5-8)13(19)18-10-1-2-12(17)11(16)6-10/h1-6H,17H2,(H,18,19). The van der Waals surface area contributed by atoms with Gasteiger partial charge in [0, 0.05) is 17.3 Å². The van der Waals surface area contributed by atoms with E-state index >= 15 is 0 Å². The predicted octanol–water partition coefficient (Wildman–Crippen LogP) is 2.94. The fraction of sp³-hybridized carbons (Fsp3) is 0. The Kier molecular flexibility index (Phi) is 3.41. The van der Waals surface area contributed by atoms with E-state index in [0.717, 1.165) is 18.2 Å². The summed E-state index contributed by atoms with van der Waals surface area (Å²) in [4.78, 5) is 11.7. The Balaban J connectivity index is 2.22. The van der Waals surface area contributed by atoms with Crippen LogP contribution in [0.4, 0.5) is 24.5 Å². The third kappa shape index (κ3) is 3.04. The number of carbonyl (C=O) groups is 1. The minimum absolute atomic E-state index is 0.0604. The average molecular weight is 266 g/mol. The van der Waals surface area contributed by atoms with Crippen molar-refractivity contribution in [2.24, 2.45) is 0 Å². The van der Waals surface area contributed by atoms with Crippen LogP contribution in [-0.2, 0) is 0 Å². The number of nitrogens with two attached hydrogens (primary N) is 1. The second kappa shape index (κ2) is 5.01. The first-order valence-electron chi connectivity index (χ1n) is 5.28. The lowest BCUT2D eigenvalue weighted by atomic mass is 10.2. The first kappa shape index (κ1) is 12.9. The highest BCUT2D eigenvalue weighted by molar-refractivity contribution is 6.04. The van der Waals surface area contributed by atoms with Crippen LogP contribution < -0.4 is 11.1 Å². The van der Waals surface area contributed by atoms with E-state index in [1.165, 1.54) is 12.1 Å². The van der Waals surface area contributed by atoms with Crippen molar-refractivity contribution in [1.29, 1.82) is 0 Å². The summed E-state index contributed by atoms with van der Waals surface area (Å²) in [6.45, 7) is 0. The lowest BCUT2D eigenvalue weighted by molar-refractivity contribution is 0.102. The second-order valence-electron chi connectivity index (χ2n) is 3.85. The molecule has 3 nitrogen and oxygen atoms in total. The van der Waals surface area contributed by atoms with Gasteiger partial charge in [-0.1, -0.05) is 0 Å². The summed E-state index contributed by atoms with van der Waals surface area (Å²) in [6, 6.07) is 6.09. The predicted molar refractivity (Wildman–Crippen MR) is 65.1 cm³/mol. The molecule has 0 saturated heterocycles. The van der Waals surface area contributed by atoms with Gasteiger partial charge in [-0.15, -0.1) is 0 Å². The zero-order valence-corrected chi connectivity index (χ0v) is 9.58. The number of nitrogens with one attached hydrogen (secondary N) is 1. The van der Waals surface area contributed by atoms with E-state index in [4.69, 9.17) is 5.73 Å². The number of carbonyl (C=O) groups excluding carboxylic acids is 1. The van der Waals surface area contributed by atoms with Crippen molar-refractivity contribution in [2.75, 3.05) is 11.1 Å². The molecule has 0 bridgehead atoms. The minimum Gasteiger partial charge on any atom is -0.396 e. The molecule has 19 heavy (non-hydrogen) atoms. The molecule has 1 amide bonds. The number of hydrogen-bond donors (Lipinski definition) is 2. The van der Waals surface area contributed by atoms with Gasteiger partial charge in [-0.05, 0) is 30.3 Å². The molecule has 2 aromatic carbocycles. The summed E-state index contributed by atoms with van der Waals surface area (Å²) in [5.41, 5.74) is 5.16. The first-order valence-corrected chi connectivity index (χ1v) is 5.28. The molecule has 0 aliphatic carbocycles. The zero-order chi connectivity index (χ0) is 14.0. The molecule has 0 saturated carbocycles. The van der Waals surface area contributed by atoms with Crippen LogP contribution in [0.15, 0.2) is 36.4 Å². The molecule has 0 heterocycles. The number of rotatable bonds is 2. The average Bonchev–Trinajstić information content (AvgIpc) is 2.32. The SMILES string of the molecule is Nc1ccc(NC(=O)c2cc(F)cc(F)c2)cc1F. The van der Waals surface area contributed by atoms with Gasteiger partial charge >= 0.3 is 0 Å². The summed E-state index contributed by atoms with van der Waals surface area (Å²) in [5.74, 6) is -3.17. The van der Waals surface area contributed by atoms with Crippen LogP contribution in [0, 0.1) is 17.5 Å². The highest BCUT2D eigenvalue weighted by Gasteiger charge is 2.10. The highest BCUT2D eigenvalue weighted by Crippen LogP contribution is 2.17. The van der Waals surface area contributed by atoms with Gasteiger partial charge in [-0.2, -0.15) is 0 Å². The van der Waals surface area contributed by atoms with E-state index in [9.17, 15) is 18.0 Å². The van der Waals surface area contributed by atoms with Crippen LogP contribution in [0.3, 0.4) is 0 Å². The maximum Gasteiger partial charge on any atom is 0.255 e. The molecular formula is C13H9F3N2O. The number of benzene rings is 2. The van der Waals surface area contributed by atoms with Gasteiger partial charge in [-0.25, -0.2) is 13.2 Å². The van der Waals surface area contributed by atoms with Crippen molar-refractivity contribution in [1.82, 2.24) is 0 Å². The molecule has 6 heteroatoms. The minimum atomic E-state index is -0.867. The molecule has 0 fully saturated rings. The largest absolute Gasteiger partial charge is 0.396 e. The smallest absolute Gasteiger partial charge is 0.255 e. The maximum absolute atomic E-state index is 13.2. The molecule has 0 radical (unpaired) electrons. The van der Waals surface area contributed by atoms with Crippen LogP contribution >= 0.6 is 0 Å². The van der Waals surface area contributed by atoms with Crippen LogP contribution in [0.2, 0.25) is 0 Å². The summed E-state index contributed by atoms with van der Waals surface area (Å²) in [6.07, 6.45) is 0. The summed E-state index contributed by atoms with van der Waals surface area (Å²) in [5, 5.41) is 2.31. The van der Waals surface area contributed by atoms with E-state index in [1.807, 2.05) is 0 Å². The Hall–Kier alpha value is -2.50.